The van der Waals surface area contributed by atoms with Gasteiger partial charge in [0.25, 0.3) is 17.2 Å². The lowest BCUT2D eigenvalue weighted by atomic mass is 10.0. The molecule has 34 heavy (non-hydrogen) atoms. The van der Waals surface area contributed by atoms with Crippen LogP contribution in [0.25, 0.3) is 17.0 Å². The number of aromatic nitrogens is 3. The number of carbonyl (C=O) groups is 2. The molecule has 4 rings (SSSR count). The van der Waals surface area contributed by atoms with E-state index >= 15 is 0 Å². The van der Waals surface area contributed by atoms with Crippen LogP contribution in [0.1, 0.15) is 44.5 Å². The standard InChI is InChI=1S/C25H24Cl2N4O3/c1-5-15-8-7-11-29(13-15)22-21(23(32)30(14(3)4)25(22)34)20-19(6-2)28-31(24(20)33)16-9-10-17(26)18(27)12-16/h7-14H,5-6H2,1-4H3/p+1. The summed E-state index contributed by atoms with van der Waals surface area (Å²) in [7, 11) is 0. The Hall–Kier alpha value is -3.16. The molecule has 9 heteroatoms. The van der Waals surface area contributed by atoms with Crippen LogP contribution in [-0.4, -0.2) is 32.5 Å². The van der Waals surface area contributed by atoms with Crippen molar-refractivity contribution in [1.29, 1.82) is 0 Å². The molecular formula is C25H25Cl2N4O3+. The van der Waals surface area contributed by atoms with Gasteiger partial charge >= 0.3 is 5.91 Å². The number of imide groups is 1. The van der Waals surface area contributed by atoms with Gasteiger partial charge in [0.1, 0.15) is 5.57 Å². The summed E-state index contributed by atoms with van der Waals surface area (Å²) in [5, 5.41) is 3.75. The summed E-state index contributed by atoms with van der Waals surface area (Å²) in [5.41, 5.74) is 2.01. The Labute approximate surface area is 207 Å². The van der Waals surface area contributed by atoms with Gasteiger partial charge in [0.2, 0.25) is 0 Å². The van der Waals surface area contributed by atoms with Gasteiger partial charge in [-0.25, -0.2) is 4.68 Å². The second kappa shape index (κ2) is 9.24. The number of carbonyl (C=O) groups excluding carboxylic acids is 2. The van der Waals surface area contributed by atoms with Crippen molar-refractivity contribution < 1.29 is 14.2 Å². The van der Waals surface area contributed by atoms with Gasteiger partial charge in [-0.05, 0) is 51.0 Å². The smallest absolute Gasteiger partial charge is 0.294 e. The average Bonchev–Trinajstić information content (AvgIpc) is 3.27. The molecule has 0 saturated carbocycles. The SMILES string of the molecule is CCc1ccc[n+](C2=C(c3c(CC)[nH]n(-c4ccc(Cl)c(Cl)c4)c3=O)C(=O)N(C(C)C)C2=O)c1. The maximum absolute atomic E-state index is 13.7. The molecule has 0 atom stereocenters. The van der Waals surface area contributed by atoms with Crippen LogP contribution in [0.2, 0.25) is 10.0 Å². The van der Waals surface area contributed by atoms with Crippen LogP contribution in [0, 0.1) is 0 Å². The number of H-pyrrole nitrogens is 1. The Morgan fingerprint density at radius 2 is 1.74 bits per heavy atom. The van der Waals surface area contributed by atoms with Crippen LogP contribution in [0.4, 0.5) is 0 Å². The van der Waals surface area contributed by atoms with Gasteiger partial charge in [-0.1, -0.05) is 37.0 Å². The third-order valence-corrected chi connectivity index (χ3v) is 6.61. The first-order valence-corrected chi connectivity index (χ1v) is 11.9. The van der Waals surface area contributed by atoms with E-state index in [0.29, 0.717) is 27.8 Å². The lowest BCUT2D eigenvalue weighted by Crippen LogP contribution is -2.42. The Morgan fingerprint density at radius 1 is 1.00 bits per heavy atom. The minimum Gasteiger partial charge on any atom is -0.294 e. The predicted molar refractivity (Wildman–Crippen MR) is 132 cm³/mol. The van der Waals surface area contributed by atoms with Crippen LogP contribution in [0.15, 0.2) is 47.5 Å². The van der Waals surface area contributed by atoms with E-state index in [9.17, 15) is 14.4 Å². The monoisotopic (exact) mass is 499 g/mol. The third kappa shape index (κ3) is 3.89. The minimum atomic E-state index is -0.489. The van der Waals surface area contributed by atoms with Crippen molar-refractivity contribution in [2.45, 2.75) is 46.6 Å². The topological polar surface area (TPSA) is 79.1 Å². The fourth-order valence-corrected chi connectivity index (χ4v) is 4.44. The summed E-state index contributed by atoms with van der Waals surface area (Å²) in [5.74, 6) is -0.923. The molecule has 3 aromatic rings. The first-order valence-electron chi connectivity index (χ1n) is 11.1. The van der Waals surface area contributed by atoms with Crippen molar-refractivity contribution in [3.8, 4) is 5.69 Å². The van der Waals surface area contributed by atoms with E-state index in [0.717, 1.165) is 12.0 Å². The van der Waals surface area contributed by atoms with Gasteiger partial charge in [-0.15, -0.1) is 0 Å². The van der Waals surface area contributed by atoms with Gasteiger partial charge in [0.15, 0.2) is 12.4 Å². The molecule has 2 aromatic heterocycles. The molecule has 1 N–H and O–H groups in total. The van der Waals surface area contributed by atoms with Crippen LogP contribution >= 0.6 is 23.2 Å². The Kier molecular flexibility index (Phi) is 6.51. The molecule has 0 unspecified atom stereocenters. The summed E-state index contributed by atoms with van der Waals surface area (Å²) < 4.78 is 2.97. The summed E-state index contributed by atoms with van der Waals surface area (Å²) in [6.45, 7) is 7.43. The number of rotatable bonds is 6. The molecule has 0 saturated heterocycles. The molecule has 0 radical (unpaired) electrons. The highest BCUT2D eigenvalue weighted by Crippen LogP contribution is 2.32. The van der Waals surface area contributed by atoms with Gasteiger partial charge in [0.05, 0.1) is 21.3 Å². The number of aryl methyl sites for hydroxylation is 2. The normalized spacial score (nSPS) is 14.1. The number of halogens is 2. The van der Waals surface area contributed by atoms with Crippen molar-refractivity contribution in [3.05, 3.63) is 79.9 Å². The fraction of sp³-hybridized carbons (Fsp3) is 0.280. The second-order valence-corrected chi connectivity index (χ2v) is 9.14. The highest BCUT2D eigenvalue weighted by Gasteiger charge is 2.48. The third-order valence-electron chi connectivity index (χ3n) is 5.87. The number of benzene rings is 1. The zero-order chi connectivity index (χ0) is 24.7. The Morgan fingerprint density at radius 3 is 2.35 bits per heavy atom. The molecule has 1 aromatic carbocycles. The molecule has 0 aliphatic carbocycles. The summed E-state index contributed by atoms with van der Waals surface area (Å²) >= 11 is 12.2. The lowest BCUT2D eigenvalue weighted by molar-refractivity contribution is -0.577. The van der Waals surface area contributed by atoms with E-state index in [4.69, 9.17) is 23.2 Å². The molecule has 176 valence electrons. The van der Waals surface area contributed by atoms with Crippen molar-refractivity contribution in [2.75, 3.05) is 0 Å². The Bertz CT molecular complexity index is 1400. The van der Waals surface area contributed by atoms with Crippen molar-refractivity contribution in [2.24, 2.45) is 0 Å². The molecule has 1 aliphatic heterocycles. The molecule has 0 fully saturated rings. The number of pyridine rings is 1. The number of nitrogens with zero attached hydrogens (tertiary/aromatic N) is 3. The van der Waals surface area contributed by atoms with E-state index in [2.05, 4.69) is 5.10 Å². The quantitative estimate of drug-likeness (QED) is 0.410. The first kappa shape index (κ1) is 24.0. The van der Waals surface area contributed by atoms with Crippen LogP contribution in [0.5, 0.6) is 0 Å². The predicted octanol–water partition coefficient (Wildman–Crippen LogP) is 4.03. The minimum absolute atomic E-state index is 0.0915. The lowest BCUT2D eigenvalue weighted by Gasteiger charge is -2.17. The largest absolute Gasteiger partial charge is 0.327 e. The van der Waals surface area contributed by atoms with E-state index in [1.54, 1.807) is 42.8 Å². The number of amides is 2. The van der Waals surface area contributed by atoms with E-state index in [1.807, 2.05) is 32.2 Å². The van der Waals surface area contributed by atoms with Crippen molar-refractivity contribution in [1.82, 2.24) is 14.7 Å². The molecular weight excluding hydrogens is 475 g/mol. The van der Waals surface area contributed by atoms with Crippen LogP contribution in [0.3, 0.4) is 0 Å². The molecule has 2 amide bonds. The average molecular weight is 500 g/mol. The first-order chi connectivity index (χ1) is 16.2. The molecule has 0 spiro atoms. The Balaban J connectivity index is 2.02. The fourth-order valence-electron chi connectivity index (χ4n) is 4.14. The van der Waals surface area contributed by atoms with Crippen molar-refractivity contribution in [3.63, 3.8) is 0 Å². The molecule has 0 bridgehead atoms. The maximum Gasteiger partial charge on any atom is 0.327 e. The second-order valence-electron chi connectivity index (χ2n) is 8.33. The zero-order valence-electron chi connectivity index (χ0n) is 19.4. The number of hydrogen-bond donors (Lipinski definition) is 1. The molecule has 1 aliphatic rings. The van der Waals surface area contributed by atoms with Gasteiger partial charge in [-0.3, -0.25) is 24.4 Å². The highest BCUT2D eigenvalue weighted by molar-refractivity contribution is 6.44. The number of nitrogens with one attached hydrogen (secondary N) is 1. The summed E-state index contributed by atoms with van der Waals surface area (Å²) in [6, 6.07) is 8.23. The van der Waals surface area contributed by atoms with Gasteiger partial charge in [-0.2, -0.15) is 4.57 Å². The summed E-state index contributed by atoms with van der Waals surface area (Å²) in [4.78, 5) is 42.0. The maximum atomic E-state index is 13.7. The van der Waals surface area contributed by atoms with E-state index in [-0.39, 0.29) is 22.9 Å². The van der Waals surface area contributed by atoms with E-state index in [1.165, 1.54) is 9.58 Å². The van der Waals surface area contributed by atoms with Crippen molar-refractivity contribution >= 4 is 46.3 Å². The van der Waals surface area contributed by atoms with Gasteiger partial charge < -0.3 is 0 Å². The van der Waals surface area contributed by atoms with Crippen LogP contribution < -0.4 is 10.1 Å². The number of aromatic amines is 1. The van der Waals surface area contributed by atoms with Gasteiger partial charge in [0, 0.05) is 23.4 Å². The molecule has 7 nitrogen and oxygen atoms in total. The van der Waals surface area contributed by atoms with Crippen LogP contribution in [-0.2, 0) is 22.4 Å². The number of hydrogen-bond acceptors (Lipinski definition) is 3. The van der Waals surface area contributed by atoms with E-state index < -0.39 is 17.4 Å². The zero-order valence-corrected chi connectivity index (χ0v) is 20.9. The summed E-state index contributed by atoms with van der Waals surface area (Å²) in [6.07, 6.45) is 4.74. The molecule has 3 heterocycles. The highest BCUT2D eigenvalue weighted by atomic mass is 35.5.